The zero-order valence-electron chi connectivity index (χ0n) is 14.0. The number of rotatable bonds is 6. The molecule has 0 aliphatic heterocycles. The Balaban J connectivity index is 1.64. The maximum atomic E-state index is 4.66. The van der Waals surface area contributed by atoms with Crippen molar-refractivity contribution in [1.82, 2.24) is 30.1 Å². The van der Waals surface area contributed by atoms with Crippen molar-refractivity contribution in [3.63, 3.8) is 0 Å². The van der Waals surface area contributed by atoms with Gasteiger partial charge in [-0.2, -0.15) is 5.10 Å². The van der Waals surface area contributed by atoms with Crippen LogP contribution in [0, 0.1) is 0 Å². The molecule has 0 fully saturated rings. The smallest absolute Gasteiger partial charge is 0.180 e. The lowest BCUT2D eigenvalue weighted by molar-refractivity contribution is 0.924. The molecule has 0 aromatic carbocycles. The first kappa shape index (κ1) is 15.9. The minimum absolute atomic E-state index is 0.580. The molecule has 2 N–H and O–H groups in total. The summed E-state index contributed by atoms with van der Waals surface area (Å²) in [4.78, 5) is 17.8. The Morgan fingerprint density at radius 3 is 2.69 bits per heavy atom. The quantitative estimate of drug-likeness (QED) is 0.559. The molecule has 0 unspecified atom stereocenters. The number of H-pyrrole nitrogens is 1. The molecule has 0 radical (unpaired) electrons. The third-order valence-corrected chi connectivity index (χ3v) is 3.84. The SMILES string of the molecule is c1ccc(-c2nc(NCCc3ccn[nH]3)cc(-c3cccnc3)n2)nc1. The molecule has 0 atom stereocenters. The zero-order valence-corrected chi connectivity index (χ0v) is 14.0. The highest BCUT2D eigenvalue weighted by Gasteiger charge is 2.09. The van der Waals surface area contributed by atoms with Crippen molar-refractivity contribution in [3.05, 3.63) is 72.9 Å². The molecule has 7 heteroatoms. The van der Waals surface area contributed by atoms with Crippen LogP contribution in [0.15, 0.2) is 67.3 Å². The molecule has 7 nitrogen and oxygen atoms in total. The third-order valence-electron chi connectivity index (χ3n) is 3.84. The summed E-state index contributed by atoms with van der Waals surface area (Å²) in [6.45, 7) is 0.730. The molecule has 0 bridgehead atoms. The van der Waals surface area contributed by atoms with Gasteiger partial charge in [-0.1, -0.05) is 6.07 Å². The fraction of sp³-hybridized carbons (Fsp3) is 0.105. The normalized spacial score (nSPS) is 10.6. The van der Waals surface area contributed by atoms with Crippen molar-refractivity contribution in [1.29, 1.82) is 0 Å². The second kappa shape index (κ2) is 7.52. The Morgan fingerprint density at radius 2 is 1.92 bits per heavy atom. The van der Waals surface area contributed by atoms with Gasteiger partial charge >= 0.3 is 0 Å². The van der Waals surface area contributed by atoms with E-state index in [4.69, 9.17) is 0 Å². The highest BCUT2D eigenvalue weighted by molar-refractivity contribution is 5.65. The summed E-state index contributed by atoms with van der Waals surface area (Å²) in [6.07, 6.45) is 7.85. The number of hydrogen-bond donors (Lipinski definition) is 2. The van der Waals surface area contributed by atoms with Gasteiger partial charge in [0.25, 0.3) is 0 Å². The van der Waals surface area contributed by atoms with Gasteiger partial charge in [-0.05, 0) is 30.3 Å². The molecule has 128 valence electrons. The monoisotopic (exact) mass is 343 g/mol. The summed E-state index contributed by atoms with van der Waals surface area (Å²) in [5.74, 6) is 1.33. The lowest BCUT2D eigenvalue weighted by Gasteiger charge is -2.10. The van der Waals surface area contributed by atoms with Gasteiger partial charge < -0.3 is 5.32 Å². The number of hydrogen-bond acceptors (Lipinski definition) is 6. The average Bonchev–Trinajstić information content (AvgIpc) is 3.23. The van der Waals surface area contributed by atoms with E-state index >= 15 is 0 Å². The second-order valence-corrected chi connectivity index (χ2v) is 5.68. The van der Waals surface area contributed by atoms with Crippen LogP contribution in [0.3, 0.4) is 0 Å². The molecule has 0 amide bonds. The van der Waals surface area contributed by atoms with Crippen molar-refractivity contribution < 1.29 is 0 Å². The van der Waals surface area contributed by atoms with Crippen molar-refractivity contribution in [3.8, 4) is 22.8 Å². The van der Waals surface area contributed by atoms with Gasteiger partial charge in [-0.3, -0.25) is 15.1 Å². The number of aromatic amines is 1. The van der Waals surface area contributed by atoms with E-state index in [2.05, 4.69) is 35.5 Å². The van der Waals surface area contributed by atoms with Gasteiger partial charge in [0.2, 0.25) is 0 Å². The van der Waals surface area contributed by atoms with E-state index in [0.717, 1.165) is 41.4 Å². The van der Waals surface area contributed by atoms with Gasteiger partial charge in [0, 0.05) is 55.1 Å². The summed E-state index contributed by atoms with van der Waals surface area (Å²) >= 11 is 0. The van der Waals surface area contributed by atoms with E-state index in [0.29, 0.717) is 5.82 Å². The third kappa shape index (κ3) is 3.72. The predicted octanol–water partition coefficient (Wildman–Crippen LogP) is 2.98. The molecule has 4 aromatic rings. The zero-order chi connectivity index (χ0) is 17.6. The lowest BCUT2D eigenvalue weighted by Crippen LogP contribution is -2.08. The molecule has 0 aliphatic rings. The molecule has 4 aromatic heterocycles. The molecule has 4 rings (SSSR count). The van der Waals surface area contributed by atoms with Crippen LogP contribution in [0.1, 0.15) is 5.69 Å². The molecule has 0 saturated carbocycles. The summed E-state index contributed by atoms with van der Waals surface area (Å²) in [6, 6.07) is 13.5. The Labute approximate surface area is 150 Å². The lowest BCUT2D eigenvalue weighted by atomic mass is 10.2. The van der Waals surface area contributed by atoms with Crippen LogP contribution in [0.4, 0.5) is 5.82 Å². The summed E-state index contributed by atoms with van der Waals surface area (Å²) in [5.41, 5.74) is 3.54. The summed E-state index contributed by atoms with van der Waals surface area (Å²) in [7, 11) is 0. The van der Waals surface area contributed by atoms with E-state index < -0.39 is 0 Å². The molecular formula is C19H17N7. The van der Waals surface area contributed by atoms with Gasteiger partial charge in [0.15, 0.2) is 5.82 Å². The average molecular weight is 343 g/mol. The topological polar surface area (TPSA) is 92.3 Å². The largest absolute Gasteiger partial charge is 0.370 e. The Kier molecular flexibility index (Phi) is 4.60. The molecule has 0 saturated heterocycles. The van der Waals surface area contributed by atoms with Gasteiger partial charge in [-0.25, -0.2) is 9.97 Å². The fourth-order valence-corrected chi connectivity index (χ4v) is 2.56. The maximum absolute atomic E-state index is 4.66. The molecule has 26 heavy (non-hydrogen) atoms. The Bertz CT molecular complexity index is 896. The van der Waals surface area contributed by atoms with E-state index in [9.17, 15) is 0 Å². The standard InChI is InChI=1S/C19H17N7/c1-2-9-21-16(5-1)19-24-17(14-4-3-8-20-13-14)12-18(25-19)22-10-6-15-7-11-23-26-15/h1-5,7-9,11-13H,6,10H2,(H,23,26)(H,22,24,25). The first-order chi connectivity index (χ1) is 12.9. The van der Waals surface area contributed by atoms with Gasteiger partial charge in [-0.15, -0.1) is 0 Å². The minimum atomic E-state index is 0.580. The van der Waals surface area contributed by atoms with E-state index in [-0.39, 0.29) is 0 Å². The van der Waals surface area contributed by atoms with Crippen LogP contribution in [-0.2, 0) is 6.42 Å². The highest BCUT2D eigenvalue weighted by Crippen LogP contribution is 2.22. The van der Waals surface area contributed by atoms with Gasteiger partial charge in [0.1, 0.15) is 11.5 Å². The summed E-state index contributed by atoms with van der Waals surface area (Å²) < 4.78 is 0. The van der Waals surface area contributed by atoms with Crippen LogP contribution in [-0.4, -0.2) is 36.7 Å². The maximum Gasteiger partial charge on any atom is 0.180 e. The van der Waals surface area contributed by atoms with E-state index in [1.165, 1.54) is 0 Å². The Hall–Kier alpha value is -3.61. The first-order valence-electron chi connectivity index (χ1n) is 8.31. The molecular weight excluding hydrogens is 326 g/mol. The Morgan fingerprint density at radius 1 is 0.923 bits per heavy atom. The van der Waals surface area contributed by atoms with Crippen LogP contribution < -0.4 is 5.32 Å². The highest BCUT2D eigenvalue weighted by atomic mass is 15.1. The van der Waals surface area contributed by atoms with Crippen LogP contribution in [0.2, 0.25) is 0 Å². The van der Waals surface area contributed by atoms with Crippen molar-refractivity contribution in [2.24, 2.45) is 0 Å². The van der Waals surface area contributed by atoms with Crippen molar-refractivity contribution in [2.75, 3.05) is 11.9 Å². The predicted molar refractivity (Wildman–Crippen MR) is 99.3 cm³/mol. The van der Waals surface area contributed by atoms with Crippen molar-refractivity contribution in [2.45, 2.75) is 6.42 Å². The van der Waals surface area contributed by atoms with Crippen LogP contribution in [0.25, 0.3) is 22.8 Å². The van der Waals surface area contributed by atoms with Gasteiger partial charge in [0.05, 0.1) is 5.69 Å². The van der Waals surface area contributed by atoms with E-state index in [1.807, 2.05) is 42.5 Å². The number of aromatic nitrogens is 6. The number of anilines is 1. The number of nitrogens with zero attached hydrogens (tertiary/aromatic N) is 5. The first-order valence-corrected chi connectivity index (χ1v) is 8.31. The molecule has 4 heterocycles. The second-order valence-electron chi connectivity index (χ2n) is 5.68. The summed E-state index contributed by atoms with van der Waals surface area (Å²) in [5, 5.41) is 10.3. The van der Waals surface area contributed by atoms with Crippen LogP contribution in [0.5, 0.6) is 0 Å². The van der Waals surface area contributed by atoms with Crippen LogP contribution >= 0.6 is 0 Å². The molecule has 0 aliphatic carbocycles. The number of nitrogens with one attached hydrogen (secondary N) is 2. The van der Waals surface area contributed by atoms with E-state index in [1.54, 1.807) is 24.8 Å². The van der Waals surface area contributed by atoms with Crippen molar-refractivity contribution >= 4 is 5.82 Å². The molecule has 0 spiro atoms. The fourth-order valence-electron chi connectivity index (χ4n) is 2.56. The minimum Gasteiger partial charge on any atom is -0.370 e. The number of pyridine rings is 2.